The number of thioether (sulfide) groups is 2. The summed E-state index contributed by atoms with van der Waals surface area (Å²) in [4.78, 5) is 11.9. The van der Waals surface area contributed by atoms with Gasteiger partial charge in [0.2, 0.25) is 11.0 Å². The van der Waals surface area contributed by atoms with Gasteiger partial charge in [0.1, 0.15) is 0 Å². The fourth-order valence-electron chi connectivity index (χ4n) is 1.51. The summed E-state index contributed by atoms with van der Waals surface area (Å²) in [6.07, 6.45) is 1.09. The highest BCUT2D eigenvalue weighted by atomic mass is 35.5. The first kappa shape index (κ1) is 17.6. The van der Waals surface area contributed by atoms with E-state index in [1.165, 1.54) is 11.3 Å². The molecule has 118 valence electrons. The molecule has 1 aromatic carbocycles. The van der Waals surface area contributed by atoms with Crippen LogP contribution in [0.15, 0.2) is 28.6 Å². The molecule has 0 atom stereocenters. The lowest BCUT2D eigenvalue weighted by Crippen LogP contribution is -2.13. The number of benzene rings is 1. The number of halogens is 1. The maximum Gasteiger partial charge on any atom is 0.236 e. The normalized spacial score (nSPS) is 10.6. The Balaban J connectivity index is 1.71. The van der Waals surface area contributed by atoms with E-state index in [0.717, 1.165) is 32.9 Å². The summed E-state index contributed by atoms with van der Waals surface area (Å²) in [5.74, 6) is 2.12. The molecule has 2 aromatic rings. The van der Waals surface area contributed by atoms with Gasteiger partial charge >= 0.3 is 0 Å². The van der Waals surface area contributed by atoms with Crippen molar-refractivity contribution < 1.29 is 4.79 Å². The number of rotatable bonds is 8. The minimum Gasteiger partial charge on any atom is -0.300 e. The standard InChI is InChI=1S/C14H16ClN3OS3/c1-2-7-21-14-18-17-13(22-14)16-12(19)9-20-8-10-3-5-11(15)6-4-10/h3-6H,2,7-9H2,1H3,(H,16,17,19). The molecule has 0 bridgehead atoms. The minimum atomic E-state index is -0.0536. The van der Waals surface area contributed by atoms with E-state index in [9.17, 15) is 4.79 Å². The first-order chi connectivity index (χ1) is 10.7. The van der Waals surface area contributed by atoms with Gasteiger partial charge in [0.25, 0.3) is 0 Å². The van der Waals surface area contributed by atoms with Crippen molar-refractivity contribution in [3.63, 3.8) is 0 Å². The van der Waals surface area contributed by atoms with Crippen LogP contribution < -0.4 is 5.32 Å². The number of aromatic nitrogens is 2. The van der Waals surface area contributed by atoms with Crippen LogP contribution in [0.5, 0.6) is 0 Å². The second-order valence-corrected chi connectivity index (χ2v) is 8.13. The number of hydrogen-bond donors (Lipinski definition) is 1. The Kier molecular flexibility index (Phi) is 7.51. The quantitative estimate of drug-likeness (QED) is 0.542. The number of nitrogens with zero attached hydrogens (tertiary/aromatic N) is 2. The highest BCUT2D eigenvalue weighted by molar-refractivity contribution is 8.01. The van der Waals surface area contributed by atoms with Crippen LogP contribution in [0, 0.1) is 0 Å². The SMILES string of the molecule is CCCSc1nnc(NC(=O)CSCc2ccc(Cl)cc2)s1. The lowest BCUT2D eigenvalue weighted by atomic mass is 10.2. The summed E-state index contributed by atoms with van der Waals surface area (Å²) in [5, 5.41) is 12.1. The van der Waals surface area contributed by atoms with Gasteiger partial charge in [0.15, 0.2) is 4.34 Å². The number of hydrogen-bond acceptors (Lipinski definition) is 6. The van der Waals surface area contributed by atoms with Gasteiger partial charge in [-0.25, -0.2) is 0 Å². The van der Waals surface area contributed by atoms with Gasteiger partial charge in [-0.05, 0) is 24.1 Å². The Hall–Kier alpha value is -0.760. The Bertz CT molecular complexity index is 604. The molecule has 0 aliphatic carbocycles. The third-order valence-electron chi connectivity index (χ3n) is 2.50. The third-order valence-corrected chi connectivity index (χ3v) is 5.93. The molecule has 0 unspecified atom stereocenters. The number of carbonyl (C=O) groups is 1. The highest BCUT2D eigenvalue weighted by Gasteiger charge is 2.08. The van der Waals surface area contributed by atoms with Gasteiger partial charge in [-0.1, -0.05) is 53.8 Å². The third kappa shape index (κ3) is 6.16. The van der Waals surface area contributed by atoms with E-state index in [-0.39, 0.29) is 5.91 Å². The van der Waals surface area contributed by atoms with Crippen LogP contribution >= 0.6 is 46.5 Å². The summed E-state index contributed by atoms with van der Waals surface area (Å²) in [6, 6.07) is 7.65. The van der Waals surface area contributed by atoms with Gasteiger partial charge in [0.05, 0.1) is 5.75 Å². The van der Waals surface area contributed by atoms with Crippen molar-refractivity contribution in [2.45, 2.75) is 23.4 Å². The van der Waals surface area contributed by atoms with E-state index < -0.39 is 0 Å². The van der Waals surface area contributed by atoms with E-state index in [1.54, 1.807) is 23.5 Å². The summed E-state index contributed by atoms with van der Waals surface area (Å²) < 4.78 is 0.894. The van der Waals surface area contributed by atoms with Gasteiger partial charge < -0.3 is 0 Å². The van der Waals surface area contributed by atoms with Crippen LogP contribution in [0.25, 0.3) is 0 Å². The minimum absolute atomic E-state index is 0.0536. The van der Waals surface area contributed by atoms with Gasteiger partial charge in [0, 0.05) is 16.5 Å². The van der Waals surface area contributed by atoms with E-state index in [4.69, 9.17) is 11.6 Å². The zero-order valence-corrected chi connectivity index (χ0v) is 15.2. The Labute approximate surface area is 147 Å². The molecule has 0 fully saturated rings. The van der Waals surface area contributed by atoms with E-state index >= 15 is 0 Å². The predicted octanol–water partition coefficient (Wildman–Crippen LogP) is 4.57. The molecule has 1 heterocycles. The number of nitrogens with one attached hydrogen (secondary N) is 1. The molecule has 0 aliphatic heterocycles. The van der Waals surface area contributed by atoms with Gasteiger partial charge in [-0.3, -0.25) is 10.1 Å². The van der Waals surface area contributed by atoms with Crippen molar-refractivity contribution in [3.05, 3.63) is 34.9 Å². The topological polar surface area (TPSA) is 54.9 Å². The van der Waals surface area contributed by atoms with Crippen LogP contribution in [0.3, 0.4) is 0 Å². The summed E-state index contributed by atoms with van der Waals surface area (Å²) in [5.41, 5.74) is 1.15. The zero-order valence-electron chi connectivity index (χ0n) is 12.0. The van der Waals surface area contributed by atoms with Gasteiger partial charge in [-0.15, -0.1) is 22.0 Å². The molecule has 22 heavy (non-hydrogen) atoms. The maximum atomic E-state index is 11.9. The first-order valence-corrected chi connectivity index (χ1v) is 10.1. The van der Waals surface area contributed by atoms with Crippen molar-refractivity contribution in [1.82, 2.24) is 10.2 Å². The molecule has 0 saturated heterocycles. The van der Waals surface area contributed by atoms with Crippen molar-refractivity contribution in [1.29, 1.82) is 0 Å². The smallest absolute Gasteiger partial charge is 0.236 e. The summed E-state index contributed by atoms with van der Waals surface area (Å²) in [6.45, 7) is 2.12. The molecule has 4 nitrogen and oxygen atoms in total. The molecular formula is C14H16ClN3OS3. The Morgan fingerprint density at radius 1 is 1.32 bits per heavy atom. The maximum absolute atomic E-state index is 11.9. The lowest BCUT2D eigenvalue weighted by molar-refractivity contribution is -0.113. The largest absolute Gasteiger partial charge is 0.300 e. The van der Waals surface area contributed by atoms with Gasteiger partial charge in [-0.2, -0.15) is 0 Å². The summed E-state index contributed by atoms with van der Waals surface area (Å²) in [7, 11) is 0. The van der Waals surface area contributed by atoms with E-state index in [1.807, 2.05) is 24.3 Å². The number of carbonyl (C=O) groups excluding carboxylic acids is 1. The average Bonchev–Trinajstić information content (AvgIpc) is 2.94. The van der Waals surface area contributed by atoms with Crippen molar-refractivity contribution in [2.75, 3.05) is 16.8 Å². The zero-order chi connectivity index (χ0) is 15.8. The fourth-order valence-corrected chi connectivity index (χ4v) is 4.11. The van der Waals surface area contributed by atoms with Crippen LogP contribution in [0.4, 0.5) is 5.13 Å². The monoisotopic (exact) mass is 373 g/mol. The predicted molar refractivity (Wildman–Crippen MR) is 97.2 cm³/mol. The molecule has 1 amide bonds. The van der Waals surface area contributed by atoms with Crippen molar-refractivity contribution in [2.24, 2.45) is 0 Å². The average molecular weight is 374 g/mol. The van der Waals surface area contributed by atoms with Crippen molar-refractivity contribution >= 4 is 57.5 Å². The summed E-state index contributed by atoms with van der Waals surface area (Å²) >= 11 is 10.5. The molecule has 0 radical (unpaired) electrons. The fraction of sp³-hybridized carbons (Fsp3) is 0.357. The molecule has 8 heteroatoms. The second kappa shape index (κ2) is 9.39. The second-order valence-electron chi connectivity index (χ2n) is 4.39. The van der Waals surface area contributed by atoms with E-state index in [2.05, 4.69) is 22.4 Å². The van der Waals surface area contributed by atoms with Crippen LogP contribution in [-0.4, -0.2) is 27.6 Å². The number of amides is 1. The molecule has 0 saturated carbocycles. The molecule has 0 aliphatic rings. The highest BCUT2D eigenvalue weighted by Crippen LogP contribution is 2.26. The van der Waals surface area contributed by atoms with E-state index in [0.29, 0.717) is 10.9 Å². The molecule has 1 aromatic heterocycles. The van der Waals surface area contributed by atoms with Crippen LogP contribution in [-0.2, 0) is 10.5 Å². The Morgan fingerprint density at radius 3 is 2.82 bits per heavy atom. The Morgan fingerprint density at radius 2 is 2.09 bits per heavy atom. The molecule has 2 rings (SSSR count). The number of anilines is 1. The van der Waals surface area contributed by atoms with Crippen molar-refractivity contribution in [3.8, 4) is 0 Å². The first-order valence-electron chi connectivity index (χ1n) is 6.75. The van der Waals surface area contributed by atoms with Crippen LogP contribution in [0.2, 0.25) is 5.02 Å². The molecule has 1 N–H and O–H groups in total. The molecule has 0 spiro atoms. The molecular weight excluding hydrogens is 358 g/mol. The van der Waals surface area contributed by atoms with Crippen LogP contribution in [0.1, 0.15) is 18.9 Å². The lowest BCUT2D eigenvalue weighted by Gasteiger charge is -2.02.